The summed E-state index contributed by atoms with van der Waals surface area (Å²) >= 11 is 0. The molecule has 1 aliphatic carbocycles. The molecule has 0 unspecified atom stereocenters. The van der Waals surface area contributed by atoms with E-state index < -0.39 is 6.10 Å². The third-order valence-corrected chi connectivity index (χ3v) is 5.78. The topological polar surface area (TPSA) is 73.2 Å². The molecule has 1 heterocycles. The van der Waals surface area contributed by atoms with Crippen LogP contribution in [0.25, 0.3) is 0 Å². The highest BCUT2D eigenvalue weighted by atomic mass is 16.5. The van der Waals surface area contributed by atoms with Crippen LogP contribution in [0.4, 0.5) is 0 Å². The normalized spacial score (nSPS) is 16.2. The van der Waals surface area contributed by atoms with E-state index in [1.54, 1.807) is 6.20 Å². The van der Waals surface area contributed by atoms with Crippen LogP contribution < -0.4 is 5.32 Å². The molecule has 1 saturated carbocycles. The molecule has 1 fully saturated rings. The predicted molar refractivity (Wildman–Crippen MR) is 116 cm³/mol. The van der Waals surface area contributed by atoms with Crippen molar-refractivity contribution in [3.8, 4) is 0 Å². The van der Waals surface area contributed by atoms with E-state index in [2.05, 4.69) is 22.4 Å². The van der Waals surface area contributed by atoms with Crippen LogP contribution in [0.15, 0.2) is 42.7 Å². The van der Waals surface area contributed by atoms with Gasteiger partial charge in [-0.25, -0.2) is 4.98 Å². The minimum Gasteiger partial charge on any atom is -0.454 e. The molecule has 30 heavy (non-hydrogen) atoms. The fraction of sp³-hybridized carbons (Fsp3) is 0.542. The molecule has 0 radical (unpaired) electrons. The van der Waals surface area contributed by atoms with Crippen LogP contribution in [0.1, 0.15) is 69.9 Å². The summed E-state index contributed by atoms with van der Waals surface area (Å²) in [5.41, 5.74) is 1.20. The average Bonchev–Trinajstić information content (AvgIpc) is 3.43. The third kappa shape index (κ3) is 6.18. The van der Waals surface area contributed by atoms with Crippen LogP contribution in [-0.2, 0) is 27.3 Å². The third-order valence-electron chi connectivity index (χ3n) is 5.78. The zero-order chi connectivity index (χ0) is 21.3. The van der Waals surface area contributed by atoms with Crippen LogP contribution >= 0.6 is 0 Å². The summed E-state index contributed by atoms with van der Waals surface area (Å²) in [4.78, 5) is 29.4. The number of nitrogens with zero attached hydrogens (tertiary/aromatic N) is 2. The van der Waals surface area contributed by atoms with E-state index in [1.165, 1.54) is 5.56 Å². The molecule has 6 nitrogen and oxygen atoms in total. The number of imidazole rings is 1. The molecule has 162 valence electrons. The summed E-state index contributed by atoms with van der Waals surface area (Å²) in [6.07, 6.45) is 8.98. The monoisotopic (exact) mass is 411 g/mol. The average molecular weight is 412 g/mol. The Bertz CT molecular complexity index is 812. The molecule has 0 bridgehead atoms. The molecule has 1 amide bonds. The van der Waals surface area contributed by atoms with Crippen molar-refractivity contribution in [2.75, 3.05) is 0 Å². The second-order valence-electron chi connectivity index (χ2n) is 8.17. The maximum atomic E-state index is 12.7. The van der Waals surface area contributed by atoms with Crippen LogP contribution in [-0.4, -0.2) is 27.5 Å². The van der Waals surface area contributed by atoms with Gasteiger partial charge < -0.3 is 14.6 Å². The number of nitrogens with one attached hydrogen (secondary N) is 1. The van der Waals surface area contributed by atoms with Crippen molar-refractivity contribution in [1.82, 2.24) is 14.9 Å². The fourth-order valence-electron chi connectivity index (χ4n) is 4.12. The molecule has 1 N–H and O–H groups in total. The van der Waals surface area contributed by atoms with Gasteiger partial charge in [-0.1, -0.05) is 43.2 Å². The van der Waals surface area contributed by atoms with Gasteiger partial charge in [0.1, 0.15) is 5.82 Å². The maximum Gasteiger partial charge on any atom is 0.308 e. The number of hydrogen-bond acceptors (Lipinski definition) is 4. The van der Waals surface area contributed by atoms with Gasteiger partial charge in [0, 0.05) is 30.9 Å². The lowest BCUT2D eigenvalue weighted by Gasteiger charge is -2.21. The summed E-state index contributed by atoms with van der Waals surface area (Å²) < 4.78 is 7.87. The molecule has 2 aromatic rings. The van der Waals surface area contributed by atoms with Crippen LogP contribution in [0, 0.1) is 5.92 Å². The van der Waals surface area contributed by atoms with Crippen molar-refractivity contribution in [3.05, 3.63) is 54.1 Å². The quantitative estimate of drug-likeness (QED) is 0.595. The van der Waals surface area contributed by atoms with E-state index in [4.69, 9.17) is 4.74 Å². The second-order valence-corrected chi connectivity index (χ2v) is 8.17. The molecule has 0 aliphatic heterocycles. The molecular formula is C24H33N3O3. The lowest BCUT2D eigenvalue weighted by atomic mass is 10.1. The number of aryl methyl sites for hydroxylation is 2. The van der Waals surface area contributed by atoms with Crippen LogP contribution in [0.5, 0.6) is 0 Å². The van der Waals surface area contributed by atoms with E-state index in [0.29, 0.717) is 6.42 Å². The summed E-state index contributed by atoms with van der Waals surface area (Å²) in [7, 11) is 0. The maximum absolute atomic E-state index is 12.7. The first-order valence-corrected chi connectivity index (χ1v) is 11.1. The van der Waals surface area contributed by atoms with E-state index >= 15 is 0 Å². The number of carbonyl (C=O) groups excluding carboxylic acids is 2. The molecule has 0 spiro atoms. The second kappa shape index (κ2) is 11.0. The number of benzene rings is 1. The fourth-order valence-corrected chi connectivity index (χ4v) is 4.12. The van der Waals surface area contributed by atoms with Gasteiger partial charge in [0.2, 0.25) is 5.91 Å². The zero-order valence-corrected chi connectivity index (χ0v) is 18.0. The van der Waals surface area contributed by atoms with E-state index in [1.807, 2.05) is 42.8 Å². The van der Waals surface area contributed by atoms with Gasteiger partial charge in [-0.15, -0.1) is 0 Å². The van der Waals surface area contributed by atoms with Crippen LogP contribution in [0.3, 0.4) is 0 Å². The largest absolute Gasteiger partial charge is 0.454 e. The molecule has 0 saturated heterocycles. The summed E-state index contributed by atoms with van der Waals surface area (Å²) in [5.74, 6) is 0.622. The van der Waals surface area contributed by atoms with Crippen LogP contribution in [0.2, 0.25) is 0 Å². The number of aromatic nitrogens is 2. The summed E-state index contributed by atoms with van der Waals surface area (Å²) in [6, 6.07) is 9.92. The lowest BCUT2D eigenvalue weighted by Crippen LogP contribution is -2.38. The SMILES string of the molecule is CCn1ccnc1[C@H](CCc1ccccc1)OC(=O)C[C@H](C)NC(=O)C1CCCC1. The zero-order valence-electron chi connectivity index (χ0n) is 18.0. The van der Waals surface area contributed by atoms with Crippen molar-refractivity contribution >= 4 is 11.9 Å². The first kappa shape index (κ1) is 22.1. The van der Waals surface area contributed by atoms with E-state index in [0.717, 1.165) is 44.5 Å². The Hall–Kier alpha value is -2.63. The van der Waals surface area contributed by atoms with Gasteiger partial charge >= 0.3 is 5.97 Å². The molecule has 1 aromatic heterocycles. The van der Waals surface area contributed by atoms with Gasteiger partial charge in [-0.2, -0.15) is 0 Å². The standard InChI is InChI=1S/C24H33N3O3/c1-3-27-16-15-25-23(27)21(14-13-19-9-5-4-6-10-19)30-22(28)17-18(2)26-24(29)20-11-7-8-12-20/h4-6,9-10,15-16,18,20-21H,3,7-8,11-14,17H2,1-2H3,(H,26,29)/t18-,21-/m0/s1. The Kier molecular flexibility index (Phi) is 8.05. The number of hydrogen-bond donors (Lipinski definition) is 1. The van der Waals surface area contributed by atoms with Gasteiger partial charge in [0.15, 0.2) is 6.10 Å². The van der Waals surface area contributed by atoms with Crippen molar-refractivity contribution < 1.29 is 14.3 Å². The molecule has 1 aliphatic rings. The first-order chi connectivity index (χ1) is 14.6. The summed E-state index contributed by atoms with van der Waals surface area (Å²) in [5, 5.41) is 2.98. The smallest absolute Gasteiger partial charge is 0.308 e. The minimum absolute atomic E-state index is 0.0648. The number of rotatable bonds is 10. The molecule has 6 heteroatoms. The number of esters is 1. The van der Waals surface area contributed by atoms with Crippen molar-refractivity contribution in [2.45, 2.75) is 77.5 Å². The highest BCUT2D eigenvalue weighted by Gasteiger charge is 2.26. The number of amides is 1. The number of ether oxygens (including phenoxy) is 1. The van der Waals surface area contributed by atoms with Gasteiger partial charge in [0.05, 0.1) is 6.42 Å². The van der Waals surface area contributed by atoms with Gasteiger partial charge in [0.25, 0.3) is 0 Å². The lowest BCUT2D eigenvalue weighted by molar-refractivity contribution is -0.151. The Morgan fingerprint density at radius 3 is 2.67 bits per heavy atom. The van der Waals surface area contributed by atoms with Gasteiger partial charge in [-0.3, -0.25) is 9.59 Å². The van der Waals surface area contributed by atoms with E-state index in [-0.39, 0.29) is 30.3 Å². The van der Waals surface area contributed by atoms with E-state index in [9.17, 15) is 9.59 Å². The highest BCUT2D eigenvalue weighted by Crippen LogP contribution is 2.25. The van der Waals surface area contributed by atoms with Crippen molar-refractivity contribution in [1.29, 1.82) is 0 Å². The molecule has 2 atom stereocenters. The Labute approximate surface area is 179 Å². The number of carbonyl (C=O) groups is 2. The van der Waals surface area contributed by atoms with Crippen molar-refractivity contribution in [3.63, 3.8) is 0 Å². The predicted octanol–water partition coefficient (Wildman–Crippen LogP) is 4.21. The first-order valence-electron chi connectivity index (χ1n) is 11.1. The Balaban J connectivity index is 1.58. The molecular weight excluding hydrogens is 378 g/mol. The molecule has 3 rings (SSSR count). The molecule has 1 aromatic carbocycles. The van der Waals surface area contributed by atoms with Crippen molar-refractivity contribution in [2.24, 2.45) is 5.92 Å². The Morgan fingerprint density at radius 2 is 1.97 bits per heavy atom. The highest BCUT2D eigenvalue weighted by molar-refractivity contribution is 5.80. The van der Waals surface area contributed by atoms with Gasteiger partial charge in [-0.05, 0) is 45.1 Å². The Morgan fingerprint density at radius 1 is 1.23 bits per heavy atom. The minimum atomic E-state index is -0.412. The summed E-state index contributed by atoms with van der Waals surface area (Å²) in [6.45, 7) is 4.67.